The van der Waals surface area contributed by atoms with Gasteiger partial charge in [0.2, 0.25) is 0 Å². The van der Waals surface area contributed by atoms with Crippen LogP contribution in [0.15, 0.2) is 18.2 Å². The Morgan fingerprint density at radius 2 is 1.95 bits per heavy atom. The van der Waals surface area contributed by atoms with Gasteiger partial charge in [0.1, 0.15) is 11.6 Å². The average Bonchev–Trinajstić information content (AvgIpc) is 2.45. The van der Waals surface area contributed by atoms with Crippen LogP contribution in [0.25, 0.3) is 0 Å². The van der Waals surface area contributed by atoms with Crippen molar-refractivity contribution in [1.82, 2.24) is 10.6 Å². The Morgan fingerprint density at radius 3 is 2.50 bits per heavy atom. The Hall–Kier alpha value is -1.70. The molecule has 0 spiro atoms. The fourth-order valence-electron chi connectivity index (χ4n) is 1.86. The van der Waals surface area contributed by atoms with Gasteiger partial charge >= 0.3 is 6.03 Å². The second-order valence-electron chi connectivity index (χ2n) is 4.76. The van der Waals surface area contributed by atoms with E-state index in [-0.39, 0.29) is 23.6 Å². The summed E-state index contributed by atoms with van der Waals surface area (Å²) in [6, 6.07) is 1.94. The molecule has 0 radical (unpaired) electrons. The minimum absolute atomic E-state index is 0.00861. The summed E-state index contributed by atoms with van der Waals surface area (Å²) in [7, 11) is -3.16. The number of benzene rings is 1. The van der Waals surface area contributed by atoms with Crippen LogP contribution in [0.2, 0.25) is 0 Å². The minimum atomic E-state index is -3.16. The van der Waals surface area contributed by atoms with E-state index in [0.717, 1.165) is 12.1 Å². The molecule has 0 fully saturated rings. The van der Waals surface area contributed by atoms with E-state index in [1.807, 2.05) is 0 Å². The van der Waals surface area contributed by atoms with Crippen molar-refractivity contribution in [1.29, 1.82) is 0 Å². The van der Waals surface area contributed by atoms with Crippen LogP contribution < -0.4 is 10.6 Å². The SMILES string of the molecule is CC[C@H](NC(=O)NCCS(=O)(=O)CC)c1ccc(F)cc1F. The first kappa shape index (κ1) is 18.3. The van der Waals surface area contributed by atoms with Gasteiger partial charge in [-0.1, -0.05) is 19.9 Å². The molecule has 1 atom stereocenters. The quantitative estimate of drug-likeness (QED) is 0.802. The molecule has 0 aliphatic rings. The number of hydrogen-bond acceptors (Lipinski definition) is 3. The summed E-state index contributed by atoms with van der Waals surface area (Å²) in [5.41, 5.74) is 0.181. The summed E-state index contributed by atoms with van der Waals surface area (Å²) >= 11 is 0. The standard InChI is InChI=1S/C14H20F2N2O3S/c1-3-13(11-6-5-10(15)9-12(11)16)18-14(19)17-7-8-22(20,21)4-2/h5-6,9,13H,3-4,7-8H2,1-2H3,(H2,17,18,19)/t13-/m0/s1. The van der Waals surface area contributed by atoms with Gasteiger partial charge < -0.3 is 10.6 Å². The van der Waals surface area contributed by atoms with Crippen molar-refractivity contribution >= 4 is 15.9 Å². The number of hydrogen-bond donors (Lipinski definition) is 2. The Bertz CT molecular complexity index is 621. The van der Waals surface area contributed by atoms with Crippen LogP contribution in [-0.2, 0) is 9.84 Å². The molecule has 8 heteroatoms. The Labute approximate surface area is 129 Å². The lowest BCUT2D eigenvalue weighted by Gasteiger charge is -2.18. The van der Waals surface area contributed by atoms with Crippen LogP contribution in [-0.4, -0.2) is 32.5 Å². The highest BCUT2D eigenvalue weighted by Crippen LogP contribution is 2.20. The molecule has 2 N–H and O–H groups in total. The number of rotatable bonds is 7. The summed E-state index contributed by atoms with van der Waals surface area (Å²) in [6.45, 7) is 3.25. The molecule has 0 bridgehead atoms. The predicted octanol–water partition coefficient (Wildman–Crippen LogP) is 2.15. The molecular weight excluding hydrogens is 314 g/mol. The van der Waals surface area contributed by atoms with Crippen molar-refractivity contribution in [3.05, 3.63) is 35.4 Å². The van der Waals surface area contributed by atoms with Crippen molar-refractivity contribution < 1.29 is 22.0 Å². The number of urea groups is 1. The molecule has 0 unspecified atom stereocenters. The first-order valence-corrected chi connectivity index (χ1v) is 8.81. The van der Waals surface area contributed by atoms with E-state index in [9.17, 15) is 22.0 Å². The summed E-state index contributed by atoms with van der Waals surface area (Å²) in [6.07, 6.45) is 0.406. The van der Waals surface area contributed by atoms with E-state index in [2.05, 4.69) is 10.6 Å². The third kappa shape index (κ3) is 5.59. The number of halogens is 2. The summed E-state index contributed by atoms with van der Waals surface area (Å²) < 4.78 is 49.2. The monoisotopic (exact) mass is 334 g/mol. The maximum atomic E-state index is 13.7. The number of carbonyl (C=O) groups is 1. The van der Waals surface area contributed by atoms with Crippen LogP contribution in [0.3, 0.4) is 0 Å². The van der Waals surface area contributed by atoms with Gasteiger partial charge in [-0.15, -0.1) is 0 Å². The molecule has 0 heterocycles. The largest absolute Gasteiger partial charge is 0.337 e. The summed E-state index contributed by atoms with van der Waals surface area (Å²) in [5.74, 6) is -1.57. The first-order valence-electron chi connectivity index (χ1n) is 6.98. The van der Waals surface area contributed by atoms with Gasteiger partial charge in [0.15, 0.2) is 9.84 Å². The molecule has 22 heavy (non-hydrogen) atoms. The normalized spacial score (nSPS) is 12.7. The summed E-state index contributed by atoms with van der Waals surface area (Å²) in [4.78, 5) is 11.7. The van der Waals surface area contributed by atoms with Gasteiger partial charge in [0.05, 0.1) is 11.8 Å². The van der Waals surface area contributed by atoms with Crippen molar-refractivity contribution in [2.24, 2.45) is 0 Å². The molecule has 2 amide bonds. The lowest BCUT2D eigenvalue weighted by atomic mass is 10.0. The molecular formula is C14H20F2N2O3S. The molecule has 0 saturated carbocycles. The lowest BCUT2D eigenvalue weighted by Crippen LogP contribution is -2.40. The molecule has 1 aromatic rings. The highest BCUT2D eigenvalue weighted by Gasteiger charge is 2.17. The third-order valence-corrected chi connectivity index (χ3v) is 4.90. The smallest absolute Gasteiger partial charge is 0.315 e. The van der Waals surface area contributed by atoms with E-state index in [1.165, 1.54) is 13.0 Å². The van der Waals surface area contributed by atoms with Crippen LogP contribution in [0.4, 0.5) is 13.6 Å². The van der Waals surface area contributed by atoms with Gasteiger partial charge in [-0.3, -0.25) is 0 Å². The fourth-order valence-corrected chi connectivity index (χ4v) is 2.56. The Balaban J connectivity index is 2.61. The predicted molar refractivity (Wildman–Crippen MR) is 80.3 cm³/mol. The maximum Gasteiger partial charge on any atom is 0.315 e. The van der Waals surface area contributed by atoms with Crippen molar-refractivity contribution in [2.45, 2.75) is 26.3 Å². The van der Waals surface area contributed by atoms with Gasteiger partial charge in [-0.05, 0) is 12.5 Å². The highest BCUT2D eigenvalue weighted by molar-refractivity contribution is 7.91. The van der Waals surface area contributed by atoms with Gasteiger partial charge in [-0.2, -0.15) is 0 Å². The second kappa shape index (κ2) is 8.07. The average molecular weight is 334 g/mol. The van der Waals surface area contributed by atoms with Gasteiger partial charge in [0.25, 0.3) is 0 Å². The zero-order valence-corrected chi connectivity index (χ0v) is 13.3. The topological polar surface area (TPSA) is 75.3 Å². The van der Waals surface area contributed by atoms with E-state index < -0.39 is 33.5 Å². The number of carbonyl (C=O) groups excluding carboxylic acids is 1. The van der Waals surface area contributed by atoms with Crippen molar-refractivity contribution in [2.75, 3.05) is 18.1 Å². The van der Waals surface area contributed by atoms with Crippen molar-refractivity contribution in [3.63, 3.8) is 0 Å². The van der Waals surface area contributed by atoms with Crippen LogP contribution in [0.5, 0.6) is 0 Å². The highest BCUT2D eigenvalue weighted by atomic mass is 32.2. The third-order valence-electron chi connectivity index (χ3n) is 3.19. The number of nitrogens with one attached hydrogen (secondary N) is 2. The molecule has 0 saturated heterocycles. The summed E-state index contributed by atoms with van der Waals surface area (Å²) in [5, 5.41) is 4.95. The van der Waals surface area contributed by atoms with E-state index in [1.54, 1.807) is 6.92 Å². The molecule has 1 aromatic carbocycles. The van der Waals surface area contributed by atoms with E-state index >= 15 is 0 Å². The molecule has 0 aromatic heterocycles. The zero-order chi connectivity index (χ0) is 16.8. The van der Waals surface area contributed by atoms with Crippen molar-refractivity contribution in [3.8, 4) is 0 Å². The molecule has 124 valence electrons. The molecule has 1 rings (SSSR count). The van der Waals surface area contributed by atoms with Crippen LogP contribution in [0, 0.1) is 11.6 Å². The fraction of sp³-hybridized carbons (Fsp3) is 0.500. The Morgan fingerprint density at radius 1 is 1.27 bits per heavy atom. The van der Waals surface area contributed by atoms with Gasteiger partial charge in [0, 0.05) is 23.9 Å². The molecule has 0 aliphatic carbocycles. The zero-order valence-electron chi connectivity index (χ0n) is 12.5. The first-order chi connectivity index (χ1) is 10.3. The van der Waals surface area contributed by atoms with Crippen LogP contribution in [0.1, 0.15) is 31.9 Å². The van der Waals surface area contributed by atoms with Gasteiger partial charge in [-0.25, -0.2) is 22.0 Å². The maximum absolute atomic E-state index is 13.7. The van der Waals surface area contributed by atoms with E-state index in [4.69, 9.17) is 0 Å². The lowest BCUT2D eigenvalue weighted by molar-refractivity contribution is 0.237. The second-order valence-corrected chi connectivity index (χ2v) is 7.24. The van der Waals surface area contributed by atoms with Crippen LogP contribution >= 0.6 is 0 Å². The number of sulfone groups is 1. The molecule has 5 nitrogen and oxygen atoms in total. The van der Waals surface area contributed by atoms with E-state index in [0.29, 0.717) is 6.42 Å². The molecule has 0 aliphatic heterocycles. The minimum Gasteiger partial charge on any atom is -0.337 e. The Kier molecular flexibility index (Phi) is 6.73. The number of amides is 2.